The van der Waals surface area contributed by atoms with Gasteiger partial charge in [-0.3, -0.25) is 14.4 Å². The van der Waals surface area contributed by atoms with Crippen molar-refractivity contribution >= 4 is 35.0 Å². The molecule has 3 aliphatic heterocycles. The van der Waals surface area contributed by atoms with E-state index in [-0.39, 0.29) is 18.4 Å². The van der Waals surface area contributed by atoms with E-state index in [2.05, 4.69) is 10.6 Å². The first-order valence-corrected chi connectivity index (χ1v) is 12.6. The van der Waals surface area contributed by atoms with E-state index in [0.29, 0.717) is 30.0 Å². The molecule has 2 bridgehead atoms. The number of ether oxygens (including phenoxy) is 1. The molecule has 0 aromatic heterocycles. The molecular formula is C27H30ClN3O5. The lowest BCUT2D eigenvalue weighted by molar-refractivity contribution is -0.143. The van der Waals surface area contributed by atoms with E-state index < -0.39 is 41.5 Å². The normalized spacial score (nSPS) is 29.2. The number of carbonyl (C=O) groups is 3. The average Bonchev–Trinajstić information content (AvgIpc) is 3.52. The molecule has 9 heteroatoms. The fraction of sp³-hybridized carbons (Fsp3) is 0.444. The summed E-state index contributed by atoms with van der Waals surface area (Å²) in [4.78, 5) is 42.4. The standard InChI is InChI=1S/C27H30ClN3O5/c1-15-7-6-10-18(28)22(15)30-25(34)23-27-12-11-19(36-27)20(24(33)29-2)21(27)26(35)31(23)17(14-32)13-16-8-4-3-5-9-16/h3-10,17,19-21,23,32H,11-14H2,1-2H3,(H,29,33)(H,30,34)/t17-,19-,20+,21+,23?,27?/m1/s1. The van der Waals surface area contributed by atoms with Gasteiger partial charge >= 0.3 is 0 Å². The second-order valence-corrected chi connectivity index (χ2v) is 10.3. The third kappa shape index (κ3) is 3.79. The minimum absolute atomic E-state index is 0.272. The number of rotatable bonds is 7. The SMILES string of the molecule is CNC(=O)[C@@H]1[C@H]2C(=O)N([C@@H](CO)Cc3ccccc3)C(C(=O)Nc3c(C)cccc3Cl)C23CC[C@H]1O3. The fourth-order valence-corrected chi connectivity index (χ4v) is 6.64. The van der Waals surface area contributed by atoms with Crippen LogP contribution < -0.4 is 10.6 Å². The van der Waals surface area contributed by atoms with Gasteiger partial charge in [0.1, 0.15) is 11.6 Å². The largest absolute Gasteiger partial charge is 0.394 e. The Hall–Kier alpha value is -2.94. The Balaban J connectivity index is 1.57. The number of benzene rings is 2. The molecule has 3 aliphatic rings. The van der Waals surface area contributed by atoms with E-state index >= 15 is 0 Å². The van der Waals surface area contributed by atoms with E-state index in [1.807, 2.05) is 43.3 Å². The molecule has 3 N–H and O–H groups in total. The van der Waals surface area contributed by atoms with Gasteiger partial charge in [0, 0.05) is 7.05 Å². The van der Waals surface area contributed by atoms with Gasteiger partial charge in [-0.15, -0.1) is 0 Å². The first kappa shape index (κ1) is 24.7. The lowest BCUT2D eigenvalue weighted by atomic mass is 9.70. The van der Waals surface area contributed by atoms with Crippen molar-refractivity contribution in [1.82, 2.24) is 10.2 Å². The molecule has 190 valence electrons. The van der Waals surface area contributed by atoms with Crippen LogP contribution in [0.2, 0.25) is 5.02 Å². The Kier molecular flexibility index (Phi) is 6.53. The number of anilines is 1. The predicted octanol–water partition coefficient (Wildman–Crippen LogP) is 2.31. The number of carbonyl (C=O) groups excluding carboxylic acids is 3. The highest BCUT2D eigenvalue weighted by atomic mass is 35.5. The fourth-order valence-electron chi connectivity index (χ4n) is 6.37. The molecule has 1 spiro atoms. The van der Waals surface area contributed by atoms with Crippen LogP contribution >= 0.6 is 11.6 Å². The van der Waals surface area contributed by atoms with Crippen molar-refractivity contribution in [2.45, 2.75) is 50.0 Å². The molecule has 2 aromatic carbocycles. The van der Waals surface area contributed by atoms with Crippen LogP contribution in [0.5, 0.6) is 0 Å². The number of amides is 3. The van der Waals surface area contributed by atoms with Crippen LogP contribution in [-0.4, -0.2) is 65.2 Å². The highest BCUT2D eigenvalue weighted by Crippen LogP contribution is 2.59. The van der Waals surface area contributed by atoms with Crippen molar-refractivity contribution in [3.05, 3.63) is 64.7 Å². The van der Waals surface area contributed by atoms with Crippen LogP contribution in [0.1, 0.15) is 24.0 Å². The number of likely N-dealkylation sites (tertiary alicyclic amines) is 1. The van der Waals surface area contributed by atoms with Gasteiger partial charge in [0.2, 0.25) is 17.7 Å². The Bertz CT molecular complexity index is 1170. The summed E-state index contributed by atoms with van der Waals surface area (Å²) in [6.45, 7) is 1.50. The molecule has 6 atom stereocenters. The third-order valence-electron chi connectivity index (χ3n) is 7.92. The van der Waals surface area contributed by atoms with Crippen LogP contribution in [0.4, 0.5) is 5.69 Å². The number of hydrogen-bond acceptors (Lipinski definition) is 5. The molecule has 3 saturated heterocycles. The molecule has 36 heavy (non-hydrogen) atoms. The van der Waals surface area contributed by atoms with Crippen LogP contribution in [0.25, 0.3) is 0 Å². The molecule has 3 fully saturated rings. The number of para-hydroxylation sites is 1. The zero-order valence-corrected chi connectivity index (χ0v) is 21.0. The van der Waals surface area contributed by atoms with Gasteiger partial charge in [-0.25, -0.2) is 0 Å². The second kappa shape index (κ2) is 9.50. The summed E-state index contributed by atoms with van der Waals surface area (Å²) in [5.41, 5.74) is 1.02. The average molecular weight is 512 g/mol. The summed E-state index contributed by atoms with van der Waals surface area (Å²) in [6.07, 6.45) is 0.975. The molecule has 5 rings (SSSR count). The van der Waals surface area contributed by atoms with Gasteiger partial charge in [0.05, 0.1) is 41.3 Å². The molecule has 3 heterocycles. The Labute approximate surface area is 215 Å². The number of halogens is 1. The summed E-state index contributed by atoms with van der Waals surface area (Å²) in [5, 5.41) is 16.4. The number of aliphatic hydroxyl groups is 1. The first-order chi connectivity index (χ1) is 17.3. The van der Waals surface area contributed by atoms with Crippen molar-refractivity contribution in [1.29, 1.82) is 0 Å². The van der Waals surface area contributed by atoms with Crippen molar-refractivity contribution in [2.75, 3.05) is 19.0 Å². The van der Waals surface area contributed by atoms with Gasteiger partial charge in [-0.05, 0) is 43.4 Å². The van der Waals surface area contributed by atoms with Gasteiger partial charge in [-0.1, -0.05) is 54.1 Å². The van der Waals surface area contributed by atoms with Gasteiger partial charge in [0.25, 0.3) is 0 Å². The molecule has 0 saturated carbocycles. The van der Waals surface area contributed by atoms with Gasteiger partial charge in [-0.2, -0.15) is 0 Å². The van der Waals surface area contributed by atoms with E-state index in [0.717, 1.165) is 11.1 Å². The monoisotopic (exact) mass is 511 g/mol. The molecular weight excluding hydrogens is 482 g/mol. The summed E-state index contributed by atoms with van der Waals surface area (Å²) < 4.78 is 6.40. The maximum absolute atomic E-state index is 14.0. The second-order valence-electron chi connectivity index (χ2n) is 9.86. The highest BCUT2D eigenvalue weighted by molar-refractivity contribution is 6.34. The predicted molar refractivity (Wildman–Crippen MR) is 134 cm³/mol. The number of aryl methyl sites for hydroxylation is 1. The van der Waals surface area contributed by atoms with Crippen LogP contribution in [0, 0.1) is 18.8 Å². The zero-order chi connectivity index (χ0) is 25.6. The van der Waals surface area contributed by atoms with Crippen molar-refractivity contribution in [3.63, 3.8) is 0 Å². The summed E-state index contributed by atoms with van der Waals surface area (Å²) in [5.74, 6) is -2.53. The first-order valence-electron chi connectivity index (χ1n) is 12.2. The Morgan fingerprint density at radius 1 is 1.19 bits per heavy atom. The van der Waals surface area contributed by atoms with Crippen LogP contribution in [0.3, 0.4) is 0 Å². The van der Waals surface area contributed by atoms with E-state index in [9.17, 15) is 19.5 Å². The quantitative estimate of drug-likeness (QED) is 0.528. The number of aliphatic hydroxyl groups excluding tert-OH is 1. The zero-order valence-electron chi connectivity index (χ0n) is 20.2. The Morgan fingerprint density at radius 2 is 1.94 bits per heavy atom. The van der Waals surface area contributed by atoms with Crippen molar-refractivity contribution in [2.24, 2.45) is 11.8 Å². The summed E-state index contributed by atoms with van der Waals surface area (Å²) >= 11 is 6.39. The Morgan fingerprint density at radius 3 is 2.61 bits per heavy atom. The van der Waals surface area contributed by atoms with E-state index in [4.69, 9.17) is 16.3 Å². The van der Waals surface area contributed by atoms with Gasteiger partial charge < -0.3 is 25.4 Å². The minimum Gasteiger partial charge on any atom is -0.394 e. The third-order valence-corrected chi connectivity index (χ3v) is 8.24. The molecule has 8 nitrogen and oxygen atoms in total. The van der Waals surface area contributed by atoms with Crippen LogP contribution in [-0.2, 0) is 25.5 Å². The molecule has 2 unspecified atom stereocenters. The number of nitrogens with one attached hydrogen (secondary N) is 2. The van der Waals surface area contributed by atoms with Crippen molar-refractivity contribution < 1.29 is 24.2 Å². The highest BCUT2D eigenvalue weighted by Gasteiger charge is 2.75. The summed E-state index contributed by atoms with van der Waals surface area (Å²) in [6, 6.07) is 13.1. The van der Waals surface area contributed by atoms with Crippen molar-refractivity contribution in [3.8, 4) is 0 Å². The number of hydrogen-bond donors (Lipinski definition) is 3. The van der Waals surface area contributed by atoms with Crippen LogP contribution in [0.15, 0.2) is 48.5 Å². The molecule has 0 aliphatic carbocycles. The topological polar surface area (TPSA) is 108 Å². The maximum Gasteiger partial charge on any atom is 0.250 e. The lowest BCUT2D eigenvalue weighted by Gasteiger charge is -2.37. The lowest BCUT2D eigenvalue weighted by Crippen LogP contribution is -2.56. The smallest absolute Gasteiger partial charge is 0.250 e. The maximum atomic E-state index is 14.0. The molecule has 3 amide bonds. The molecule has 2 aromatic rings. The minimum atomic E-state index is -1.15. The number of fused-ring (bicyclic) bond motifs is 1. The van der Waals surface area contributed by atoms with E-state index in [1.165, 1.54) is 11.9 Å². The van der Waals surface area contributed by atoms with E-state index in [1.54, 1.807) is 12.1 Å². The summed E-state index contributed by atoms with van der Waals surface area (Å²) in [7, 11) is 1.54. The number of nitrogens with zero attached hydrogens (tertiary/aromatic N) is 1. The molecule has 0 radical (unpaired) electrons. The van der Waals surface area contributed by atoms with Gasteiger partial charge in [0.15, 0.2) is 0 Å².